The van der Waals surface area contributed by atoms with E-state index in [-0.39, 0.29) is 24.8 Å². The molecule has 0 aliphatic carbocycles. The first-order chi connectivity index (χ1) is 16.5. The van der Waals surface area contributed by atoms with Crippen molar-refractivity contribution in [3.05, 3.63) is 78.0 Å². The smallest absolute Gasteiger partial charge is 0.304 e. The number of aromatic nitrogens is 3. The molecule has 0 amide bonds. The van der Waals surface area contributed by atoms with Crippen molar-refractivity contribution in [1.82, 2.24) is 14.6 Å². The quantitative estimate of drug-likeness (QED) is 0.384. The fourth-order valence-corrected chi connectivity index (χ4v) is 3.66. The van der Waals surface area contributed by atoms with Gasteiger partial charge in [-0.25, -0.2) is 13.9 Å². The molecule has 1 unspecified atom stereocenters. The summed E-state index contributed by atoms with van der Waals surface area (Å²) >= 11 is 0. The first-order valence-electron chi connectivity index (χ1n) is 10.5. The second-order valence-electron chi connectivity index (χ2n) is 7.53. The Kier molecular flexibility index (Phi) is 6.74. The molecule has 0 radical (unpaired) electrons. The number of carbonyl (C=O) groups is 1. The van der Waals surface area contributed by atoms with Crippen LogP contribution in [-0.2, 0) is 11.4 Å². The number of methoxy groups -OCH3 is 1. The highest BCUT2D eigenvalue weighted by molar-refractivity contribution is 5.69. The summed E-state index contributed by atoms with van der Waals surface area (Å²) in [4.78, 5) is 15.4. The van der Waals surface area contributed by atoms with Gasteiger partial charge in [-0.3, -0.25) is 4.79 Å². The minimum atomic E-state index is -0.905. The Morgan fingerprint density at radius 3 is 2.65 bits per heavy atom. The number of benzene rings is 2. The van der Waals surface area contributed by atoms with Crippen LogP contribution in [0, 0.1) is 17.7 Å². The number of hydrogen-bond donors (Lipinski definition) is 1. The molecule has 0 aliphatic heterocycles. The summed E-state index contributed by atoms with van der Waals surface area (Å²) in [5, 5.41) is 13.3. The number of aliphatic carboxylic acids is 1. The van der Waals surface area contributed by atoms with Gasteiger partial charge in [0, 0.05) is 22.9 Å². The predicted octanol–water partition coefficient (Wildman–Crippen LogP) is 4.70. The highest BCUT2D eigenvalue weighted by atomic mass is 19.1. The molecule has 0 bridgehead atoms. The highest BCUT2D eigenvalue weighted by Gasteiger charge is 2.15. The molecule has 2 aromatic heterocycles. The van der Waals surface area contributed by atoms with E-state index in [4.69, 9.17) is 14.6 Å². The molecule has 1 N–H and O–H groups in total. The van der Waals surface area contributed by atoms with Crippen LogP contribution in [0.3, 0.4) is 0 Å². The molecule has 2 heterocycles. The molecule has 1 atom stereocenters. The number of pyridine rings is 1. The number of ether oxygens (including phenoxy) is 2. The van der Waals surface area contributed by atoms with Crippen molar-refractivity contribution < 1.29 is 23.8 Å². The van der Waals surface area contributed by atoms with Gasteiger partial charge in [-0.05, 0) is 48.9 Å². The molecule has 4 aromatic rings. The Bertz CT molecular complexity index is 1390. The number of rotatable bonds is 8. The predicted molar refractivity (Wildman–Crippen MR) is 124 cm³/mol. The maximum Gasteiger partial charge on any atom is 0.304 e. The number of halogens is 1. The van der Waals surface area contributed by atoms with Crippen molar-refractivity contribution in [3.8, 4) is 34.5 Å². The van der Waals surface area contributed by atoms with Crippen LogP contribution >= 0.6 is 0 Å². The molecule has 0 saturated carbocycles. The summed E-state index contributed by atoms with van der Waals surface area (Å²) in [6.45, 7) is 1.86. The van der Waals surface area contributed by atoms with Crippen LogP contribution in [0.2, 0.25) is 0 Å². The van der Waals surface area contributed by atoms with Gasteiger partial charge in [-0.2, -0.15) is 5.10 Å². The van der Waals surface area contributed by atoms with E-state index in [1.54, 1.807) is 41.9 Å². The van der Waals surface area contributed by atoms with Gasteiger partial charge in [-0.1, -0.05) is 18.1 Å². The first-order valence-corrected chi connectivity index (χ1v) is 10.5. The molecule has 0 saturated heterocycles. The SMILES string of the molecule is CC#CC(CC(=O)O)c1ccc(OCc2cc(-c3cc(OC)ccc3F)cn3ncnc23)cc1. The van der Waals surface area contributed by atoms with Crippen LogP contribution in [0.4, 0.5) is 4.39 Å². The van der Waals surface area contributed by atoms with Crippen LogP contribution in [-0.4, -0.2) is 32.8 Å². The fourth-order valence-electron chi connectivity index (χ4n) is 3.66. The Balaban J connectivity index is 1.59. The van der Waals surface area contributed by atoms with E-state index >= 15 is 0 Å². The average Bonchev–Trinajstić information content (AvgIpc) is 3.31. The lowest BCUT2D eigenvalue weighted by Crippen LogP contribution is -2.05. The van der Waals surface area contributed by atoms with Gasteiger partial charge in [0.05, 0.1) is 19.4 Å². The molecule has 34 heavy (non-hydrogen) atoms. The Morgan fingerprint density at radius 2 is 1.94 bits per heavy atom. The maximum atomic E-state index is 14.6. The third-order valence-corrected chi connectivity index (χ3v) is 5.31. The molecule has 0 spiro atoms. The number of nitrogens with zero attached hydrogens (tertiary/aromatic N) is 3. The van der Waals surface area contributed by atoms with Crippen LogP contribution in [0.1, 0.15) is 30.4 Å². The van der Waals surface area contributed by atoms with Gasteiger partial charge in [0.15, 0.2) is 5.65 Å². The largest absolute Gasteiger partial charge is 0.497 e. The number of fused-ring (bicyclic) bond motifs is 1. The normalized spacial score (nSPS) is 11.5. The van der Waals surface area contributed by atoms with Gasteiger partial charge in [0.25, 0.3) is 0 Å². The molecule has 0 aliphatic rings. The summed E-state index contributed by atoms with van der Waals surface area (Å²) in [7, 11) is 1.53. The summed E-state index contributed by atoms with van der Waals surface area (Å²) < 4.78 is 27.3. The van der Waals surface area contributed by atoms with Crippen LogP contribution < -0.4 is 9.47 Å². The van der Waals surface area contributed by atoms with Gasteiger partial charge < -0.3 is 14.6 Å². The van der Waals surface area contributed by atoms with Crippen LogP contribution in [0.15, 0.2) is 61.1 Å². The topological polar surface area (TPSA) is 86.0 Å². The average molecular weight is 459 g/mol. The third-order valence-electron chi connectivity index (χ3n) is 5.31. The summed E-state index contributed by atoms with van der Waals surface area (Å²) in [5.41, 5.74) is 3.12. The van der Waals surface area contributed by atoms with Crippen molar-refractivity contribution in [2.45, 2.75) is 25.9 Å². The van der Waals surface area contributed by atoms with E-state index < -0.39 is 5.97 Å². The van der Waals surface area contributed by atoms with Crippen molar-refractivity contribution >= 4 is 11.6 Å². The van der Waals surface area contributed by atoms with E-state index in [0.29, 0.717) is 28.3 Å². The second kappa shape index (κ2) is 10.0. The monoisotopic (exact) mass is 459 g/mol. The molecule has 0 fully saturated rings. The number of carboxylic acid groups (broad SMARTS) is 1. The molecule has 172 valence electrons. The number of carboxylic acids is 1. The standard InChI is InChI=1S/C26H22FN3O4/c1-3-4-18(12-25(31)32)17-5-7-21(8-6-17)34-15-20-11-19(14-30-26(20)28-16-29-30)23-13-22(33-2)9-10-24(23)27/h5-11,13-14,16,18H,12,15H2,1-2H3,(H,31,32). The van der Waals surface area contributed by atoms with Crippen molar-refractivity contribution in [2.75, 3.05) is 7.11 Å². The van der Waals surface area contributed by atoms with Gasteiger partial charge in [-0.15, -0.1) is 5.92 Å². The summed E-state index contributed by atoms with van der Waals surface area (Å²) in [6.07, 6.45) is 3.06. The minimum absolute atomic E-state index is 0.0699. The van der Waals surface area contributed by atoms with E-state index in [9.17, 15) is 9.18 Å². The summed E-state index contributed by atoms with van der Waals surface area (Å²) in [5.74, 6) is 5.18. The lowest BCUT2D eigenvalue weighted by atomic mass is 9.96. The molecule has 7 nitrogen and oxygen atoms in total. The molecule has 4 rings (SSSR count). The highest BCUT2D eigenvalue weighted by Crippen LogP contribution is 2.29. The lowest BCUT2D eigenvalue weighted by Gasteiger charge is -2.12. The van der Waals surface area contributed by atoms with Gasteiger partial charge in [0.2, 0.25) is 0 Å². The second-order valence-corrected chi connectivity index (χ2v) is 7.53. The molecular formula is C26H22FN3O4. The van der Waals surface area contributed by atoms with E-state index in [1.165, 1.54) is 19.5 Å². The van der Waals surface area contributed by atoms with Gasteiger partial charge in [0.1, 0.15) is 30.3 Å². The Morgan fingerprint density at radius 1 is 1.18 bits per heavy atom. The zero-order valence-electron chi connectivity index (χ0n) is 18.7. The van der Waals surface area contributed by atoms with E-state index in [0.717, 1.165) is 11.1 Å². The van der Waals surface area contributed by atoms with E-state index in [2.05, 4.69) is 21.9 Å². The molecule has 8 heteroatoms. The zero-order valence-corrected chi connectivity index (χ0v) is 18.7. The van der Waals surface area contributed by atoms with Crippen molar-refractivity contribution in [2.24, 2.45) is 0 Å². The zero-order chi connectivity index (χ0) is 24.1. The van der Waals surface area contributed by atoms with Crippen LogP contribution in [0.25, 0.3) is 16.8 Å². The van der Waals surface area contributed by atoms with Crippen molar-refractivity contribution in [1.29, 1.82) is 0 Å². The minimum Gasteiger partial charge on any atom is -0.497 e. The van der Waals surface area contributed by atoms with Crippen LogP contribution in [0.5, 0.6) is 11.5 Å². The summed E-state index contributed by atoms with van der Waals surface area (Å²) in [6, 6.07) is 13.5. The first kappa shape index (κ1) is 22.8. The number of hydrogen-bond acceptors (Lipinski definition) is 5. The van der Waals surface area contributed by atoms with Crippen molar-refractivity contribution in [3.63, 3.8) is 0 Å². The molecule has 2 aromatic carbocycles. The fraction of sp³-hybridized carbons (Fsp3) is 0.192. The Hall–Kier alpha value is -4.38. The van der Waals surface area contributed by atoms with Gasteiger partial charge >= 0.3 is 5.97 Å². The Labute approximate surface area is 195 Å². The molecular weight excluding hydrogens is 437 g/mol. The third kappa shape index (κ3) is 4.99. The maximum absolute atomic E-state index is 14.6. The van der Waals surface area contributed by atoms with E-state index in [1.807, 2.05) is 18.2 Å². The lowest BCUT2D eigenvalue weighted by molar-refractivity contribution is -0.137.